The van der Waals surface area contributed by atoms with Crippen LogP contribution >= 0.6 is 0 Å². The summed E-state index contributed by atoms with van der Waals surface area (Å²) in [5.41, 5.74) is 6.62. The van der Waals surface area contributed by atoms with Crippen molar-refractivity contribution in [1.29, 1.82) is 0 Å². The van der Waals surface area contributed by atoms with Gasteiger partial charge in [0.05, 0.1) is 0 Å². The lowest BCUT2D eigenvalue weighted by molar-refractivity contribution is -0.114. The maximum absolute atomic E-state index is 12.3. The molecule has 1 nitrogen and oxygen atoms in total. The first-order valence-electron chi connectivity index (χ1n) is 7.84. The standard InChI is InChI=1S/C19H22O/c1-2-8-15(14-9-4-3-5-10-14)18-13-19(20)17-12-7-6-11-16(17)18/h3-5,9-10H,2,6-8,11-13H2,1H3/b18-15-. The zero-order chi connectivity index (χ0) is 13.9. The van der Waals surface area contributed by atoms with Crippen LogP contribution in [0.5, 0.6) is 0 Å². The van der Waals surface area contributed by atoms with Crippen molar-refractivity contribution in [3.05, 3.63) is 52.6 Å². The smallest absolute Gasteiger partial charge is 0.163 e. The predicted molar refractivity (Wildman–Crippen MR) is 83.4 cm³/mol. The Morgan fingerprint density at radius 3 is 2.45 bits per heavy atom. The number of rotatable bonds is 3. The van der Waals surface area contributed by atoms with Gasteiger partial charge >= 0.3 is 0 Å². The second-order valence-electron chi connectivity index (χ2n) is 5.84. The van der Waals surface area contributed by atoms with Crippen LogP contribution in [0, 0.1) is 0 Å². The Morgan fingerprint density at radius 2 is 1.75 bits per heavy atom. The van der Waals surface area contributed by atoms with Crippen molar-refractivity contribution >= 4 is 11.4 Å². The molecule has 0 heterocycles. The van der Waals surface area contributed by atoms with E-state index in [0.29, 0.717) is 12.2 Å². The molecule has 0 bridgehead atoms. The van der Waals surface area contributed by atoms with Crippen LogP contribution in [0.4, 0.5) is 0 Å². The molecule has 0 saturated heterocycles. The Labute approximate surface area is 121 Å². The van der Waals surface area contributed by atoms with Gasteiger partial charge in [0, 0.05) is 6.42 Å². The van der Waals surface area contributed by atoms with E-state index in [1.807, 2.05) is 0 Å². The number of hydrogen-bond donors (Lipinski definition) is 0. The first-order valence-corrected chi connectivity index (χ1v) is 7.84. The molecule has 0 aliphatic heterocycles. The van der Waals surface area contributed by atoms with Crippen molar-refractivity contribution in [1.82, 2.24) is 0 Å². The summed E-state index contributed by atoms with van der Waals surface area (Å²) >= 11 is 0. The molecule has 2 aliphatic rings. The third kappa shape index (κ3) is 2.37. The van der Waals surface area contributed by atoms with Crippen LogP contribution in [0.25, 0.3) is 5.57 Å². The molecule has 0 atom stereocenters. The highest BCUT2D eigenvalue weighted by Crippen LogP contribution is 2.43. The summed E-state index contributed by atoms with van der Waals surface area (Å²) in [6.07, 6.45) is 7.39. The maximum Gasteiger partial charge on any atom is 0.163 e. The highest BCUT2D eigenvalue weighted by atomic mass is 16.1. The average molecular weight is 266 g/mol. The number of Topliss-reactive ketones (excluding diaryl/α,β-unsaturated/α-hetero) is 1. The van der Waals surface area contributed by atoms with Crippen molar-refractivity contribution in [2.24, 2.45) is 0 Å². The van der Waals surface area contributed by atoms with Crippen LogP contribution in [0.1, 0.15) is 57.4 Å². The number of benzene rings is 1. The third-order valence-electron chi connectivity index (χ3n) is 4.49. The van der Waals surface area contributed by atoms with Crippen LogP contribution in [-0.2, 0) is 4.79 Å². The zero-order valence-electron chi connectivity index (χ0n) is 12.2. The van der Waals surface area contributed by atoms with Gasteiger partial charge in [-0.1, -0.05) is 43.7 Å². The minimum Gasteiger partial charge on any atom is -0.294 e. The zero-order valence-corrected chi connectivity index (χ0v) is 12.2. The average Bonchev–Trinajstić information content (AvgIpc) is 2.83. The van der Waals surface area contributed by atoms with Crippen molar-refractivity contribution in [2.75, 3.05) is 0 Å². The normalized spacial score (nSPS) is 21.1. The summed E-state index contributed by atoms with van der Waals surface area (Å²) in [6.45, 7) is 2.22. The number of allylic oxidation sites excluding steroid dienone is 4. The maximum atomic E-state index is 12.3. The molecule has 0 N–H and O–H groups in total. The molecule has 2 aliphatic carbocycles. The summed E-state index contributed by atoms with van der Waals surface area (Å²) < 4.78 is 0. The van der Waals surface area contributed by atoms with Crippen molar-refractivity contribution < 1.29 is 4.79 Å². The van der Waals surface area contributed by atoms with Gasteiger partial charge in [0.2, 0.25) is 0 Å². The van der Waals surface area contributed by atoms with Gasteiger partial charge in [-0.2, -0.15) is 0 Å². The highest BCUT2D eigenvalue weighted by Gasteiger charge is 2.30. The van der Waals surface area contributed by atoms with E-state index < -0.39 is 0 Å². The minimum atomic E-state index is 0.388. The Kier molecular flexibility index (Phi) is 3.86. The van der Waals surface area contributed by atoms with Crippen molar-refractivity contribution in [3.63, 3.8) is 0 Å². The van der Waals surface area contributed by atoms with E-state index in [9.17, 15) is 4.79 Å². The molecule has 104 valence electrons. The van der Waals surface area contributed by atoms with Gasteiger partial charge in [-0.05, 0) is 60.0 Å². The summed E-state index contributed by atoms with van der Waals surface area (Å²) in [5, 5.41) is 0. The number of hydrogen-bond acceptors (Lipinski definition) is 1. The SMILES string of the molecule is CCC/C(=C1\CC(=O)C2=C1CCCC2)c1ccccc1. The molecule has 0 fully saturated rings. The monoisotopic (exact) mass is 266 g/mol. The third-order valence-corrected chi connectivity index (χ3v) is 4.49. The van der Waals surface area contributed by atoms with Crippen LogP contribution in [0.2, 0.25) is 0 Å². The fourth-order valence-corrected chi connectivity index (χ4v) is 3.57. The minimum absolute atomic E-state index is 0.388. The van der Waals surface area contributed by atoms with E-state index in [0.717, 1.165) is 31.3 Å². The molecular formula is C19H22O. The van der Waals surface area contributed by atoms with Gasteiger partial charge in [-0.15, -0.1) is 0 Å². The molecule has 3 rings (SSSR count). The summed E-state index contributed by atoms with van der Waals surface area (Å²) in [4.78, 5) is 12.3. The lowest BCUT2D eigenvalue weighted by Crippen LogP contribution is -2.00. The van der Waals surface area contributed by atoms with E-state index in [-0.39, 0.29) is 0 Å². The first-order chi connectivity index (χ1) is 9.81. The molecule has 0 radical (unpaired) electrons. The van der Waals surface area contributed by atoms with E-state index in [1.165, 1.54) is 35.1 Å². The van der Waals surface area contributed by atoms with Gasteiger partial charge in [-0.3, -0.25) is 4.79 Å². The van der Waals surface area contributed by atoms with Gasteiger partial charge in [-0.25, -0.2) is 0 Å². The van der Waals surface area contributed by atoms with E-state index in [2.05, 4.69) is 37.3 Å². The second kappa shape index (κ2) is 5.78. The van der Waals surface area contributed by atoms with E-state index in [1.54, 1.807) is 0 Å². The topological polar surface area (TPSA) is 17.1 Å². The predicted octanol–water partition coefficient (Wildman–Crippen LogP) is 5.08. The summed E-state index contributed by atoms with van der Waals surface area (Å²) in [6, 6.07) is 10.6. The van der Waals surface area contributed by atoms with Gasteiger partial charge in [0.1, 0.15) is 0 Å². The quantitative estimate of drug-likeness (QED) is 0.745. The molecule has 1 aromatic carbocycles. The Hall–Kier alpha value is -1.63. The number of carbonyl (C=O) groups is 1. The molecular weight excluding hydrogens is 244 g/mol. The first kappa shape index (κ1) is 13.4. The number of ketones is 1. The molecule has 0 aromatic heterocycles. The highest BCUT2D eigenvalue weighted by molar-refractivity contribution is 6.05. The van der Waals surface area contributed by atoms with Crippen molar-refractivity contribution in [3.8, 4) is 0 Å². The molecule has 0 saturated carbocycles. The lowest BCUT2D eigenvalue weighted by atomic mass is 9.87. The molecule has 20 heavy (non-hydrogen) atoms. The van der Waals surface area contributed by atoms with E-state index in [4.69, 9.17) is 0 Å². The molecule has 0 amide bonds. The molecule has 1 heteroatoms. The second-order valence-corrected chi connectivity index (χ2v) is 5.84. The Morgan fingerprint density at radius 1 is 1.05 bits per heavy atom. The van der Waals surface area contributed by atoms with Crippen LogP contribution in [0.15, 0.2) is 47.1 Å². The Bertz CT molecular complexity index is 575. The fraction of sp³-hybridized carbons (Fsp3) is 0.421. The Balaban J connectivity index is 2.10. The molecule has 1 aromatic rings. The largest absolute Gasteiger partial charge is 0.294 e. The number of carbonyl (C=O) groups excluding carboxylic acids is 1. The van der Waals surface area contributed by atoms with Crippen LogP contribution < -0.4 is 0 Å². The summed E-state index contributed by atoms with van der Waals surface area (Å²) in [7, 11) is 0. The van der Waals surface area contributed by atoms with E-state index >= 15 is 0 Å². The molecule has 0 unspecified atom stereocenters. The lowest BCUT2D eigenvalue weighted by Gasteiger charge is -2.17. The van der Waals surface area contributed by atoms with Crippen LogP contribution in [0.3, 0.4) is 0 Å². The fourth-order valence-electron chi connectivity index (χ4n) is 3.57. The van der Waals surface area contributed by atoms with Crippen LogP contribution in [-0.4, -0.2) is 5.78 Å². The van der Waals surface area contributed by atoms with Gasteiger partial charge in [0.15, 0.2) is 5.78 Å². The van der Waals surface area contributed by atoms with Crippen molar-refractivity contribution in [2.45, 2.75) is 51.9 Å². The molecule has 0 spiro atoms. The summed E-state index contributed by atoms with van der Waals surface area (Å²) in [5.74, 6) is 0.388. The van der Waals surface area contributed by atoms with Gasteiger partial charge in [0.25, 0.3) is 0 Å². The van der Waals surface area contributed by atoms with Gasteiger partial charge < -0.3 is 0 Å².